The Morgan fingerprint density at radius 1 is 1.04 bits per heavy atom. The second-order valence-corrected chi connectivity index (χ2v) is 9.00. The molecule has 0 unspecified atom stereocenters. The Bertz CT molecular complexity index is 622. The van der Waals surface area contributed by atoms with Crippen molar-refractivity contribution in [2.45, 2.75) is 64.0 Å². The minimum atomic E-state index is 0.241. The van der Waals surface area contributed by atoms with Gasteiger partial charge in [-0.1, -0.05) is 30.3 Å². The van der Waals surface area contributed by atoms with E-state index in [-0.39, 0.29) is 5.92 Å². The molecule has 4 heteroatoms. The third-order valence-corrected chi connectivity index (χ3v) is 7.05. The Balaban J connectivity index is 1.23. The summed E-state index contributed by atoms with van der Waals surface area (Å²) >= 11 is 0. The van der Waals surface area contributed by atoms with Crippen LogP contribution in [0.5, 0.6) is 0 Å². The molecule has 2 heterocycles. The number of nitrogens with zero attached hydrogens (tertiary/aromatic N) is 3. The van der Waals surface area contributed by atoms with Gasteiger partial charge in [0.2, 0.25) is 5.91 Å². The molecule has 3 aliphatic rings. The van der Waals surface area contributed by atoms with Gasteiger partial charge in [-0.05, 0) is 77.1 Å². The third kappa shape index (κ3) is 4.96. The van der Waals surface area contributed by atoms with Crippen LogP contribution in [0.3, 0.4) is 0 Å². The number of hydrogen-bond donors (Lipinski definition) is 0. The summed E-state index contributed by atoms with van der Waals surface area (Å²) < 4.78 is 0. The summed E-state index contributed by atoms with van der Waals surface area (Å²) in [5, 5.41) is 0. The monoisotopic (exact) mass is 383 g/mol. The van der Waals surface area contributed by atoms with E-state index < -0.39 is 0 Å². The van der Waals surface area contributed by atoms with Crippen molar-refractivity contribution in [3.05, 3.63) is 35.9 Å². The minimum Gasteiger partial charge on any atom is -0.340 e. The van der Waals surface area contributed by atoms with Gasteiger partial charge in [0.15, 0.2) is 0 Å². The smallest absolute Gasteiger partial charge is 0.227 e. The van der Waals surface area contributed by atoms with E-state index in [4.69, 9.17) is 0 Å². The summed E-state index contributed by atoms with van der Waals surface area (Å²) in [6.07, 6.45) is 8.39. The highest BCUT2D eigenvalue weighted by molar-refractivity contribution is 5.79. The maximum Gasteiger partial charge on any atom is 0.227 e. The van der Waals surface area contributed by atoms with Crippen LogP contribution in [0.1, 0.15) is 51.0 Å². The Kier molecular flexibility index (Phi) is 6.69. The van der Waals surface area contributed by atoms with Gasteiger partial charge >= 0.3 is 0 Å². The molecule has 1 aromatic rings. The molecular weight excluding hydrogens is 346 g/mol. The lowest BCUT2D eigenvalue weighted by molar-refractivity contribution is -0.138. The standard InChI is InChI=1S/C24H37N3O/c1-2-27(23-10-11-23)24(28)21-9-6-15-26(19-21)22-13-17-25(18-14-22)16-12-20-7-4-3-5-8-20/h3-5,7-8,21-23H,2,6,9-19H2,1H3/t21-/m0/s1. The number of piperidine rings is 2. The van der Waals surface area contributed by atoms with Crippen molar-refractivity contribution in [1.29, 1.82) is 0 Å². The van der Waals surface area contributed by atoms with Crippen LogP contribution in [-0.2, 0) is 11.2 Å². The van der Waals surface area contributed by atoms with E-state index in [9.17, 15) is 4.79 Å². The zero-order valence-electron chi connectivity index (χ0n) is 17.6. The lowest BCUT2D eigenvalue weighted by Gasteiger charge is -2.42. The predicted octanol–water partition coefficient (Wildman–Crippen LogP) is 3.42. The molecule has 0 bridgehead atoms. The van der Waals surface area contributed by atoms with Gasteiger partial charge in [0.05, 0.1) is 5.92 Å². The second kappa shape index (κ2) is 9.41. The quantitative estimate of drug-likeness (QED) is 0.722. The van der Waals surface area contributed by atoms with E-state index in [2.05, 4.69) is 52.0 Å². The van der Waals surface area contributed by atoms with E-state index in [0.29, 0.717) is 18.0 Å². The van der Waals surface area contributed by atoms with E-state index in [1.807, 2.05) is 0 Å². The van der Waals surface area contributed by atoms with Crippen LogP contribution >= 0.6 is 0 Å². The molecule has 1 amide bonds. The zero-order valence-corrected chi connectivity index (χ0v) is 17.6. The van der Waals surface area contributed by atoms with Crippen LogP contribution in [0.2, 0.25) is 0 Å². The third-order valence-electron chi connectivity index (χ3n) is 7.05. The molecule has 4 rings (SSSR count). The molecule has 0 N–H and O–H groups in total. The Morgan fingerprint density at radius 3 is 2.46 bits per heavy atom. The molecule has 2 aliphatic heterocycles. The fourth-order valence-electron chi connectivity index (χ4n) is 5.19. The SMILES string of the molecule is CCN(C(=O)[C@H]1CCCN(C2CCN(CCc3ccccc3)CC2)C1)C1CC1. The number of carbonyl (C=O) groups is 1. The Morgan fingerprint density at radius 2 is 1.79 bits per heavy atom. The summed E-state index contributed by atoms with van der Waals surface area (Å²) in [5.41, 5.74) is 1.44. The average molecular weight is 384 g/mol. The average Bonchev–Trinajstić information content (AvgIpc) is 3.59. The molecule has 3 fully saturated rings. The van der Waals surface area contributed by atoms with Crippen LogP contribution in [0, 0.1) is 5.92 Å². The highest BCUT2D eigenvalue weighted by Crippen LogP contribution is 2.31. The van der Waals surface area contributed by atoms with Gasteiger partial charge in [0, 0.05) is 31.7 Å². The highest BCUT2D eigenvalue weighted by Gasteiger charge is 2.37. The lowest BCUT2D eigenvalue weighted by atomic mass is 9.92. The summed E-state index contributed by atoms with van der Waals surface area (Å²) in [6.45, 7) is 8.79. The largest absolute Gasteiger partial charge is 0.340 e. The Labute approximate surface area is 170 Å². The molecular formula is C24H37N3O. The summed E-state index contributed by atoms with van der Waals surface area (Å²) in [5.74, 6) is 0.681. The topological polar surface area (TPSA) is 26.8 Å². The number of likely N-dealkylation sites (tertiary alicyclic amines) is 2. The normalized spacial score (nSPS) is 25.0. The van der Waals surface area contributed by atoms with Gasteiger partial charge in [0.25, 0.3) is 0 Å². The number of amides is 1. The van der Waals surface area contributed by atoms with Crippen molar-refractivity contribution < 1.29 is 4.79 Å². The lowest BCUT2D eigenvalue weighted by Crippen LogP contribution is -2.51. The van der Waals surface area contributed by atoms with E-state index in [0.717, 1.165) is 25.9 Å². The van der Waals surface area contributed by atoms with Crippen LogP contribution < -0.4 is 0 Å². The van der Waals surface area contributed by atoms with Crippen LogP contribution in [0.25, 0.3) is 0 Å². The first-order chi connectivity index (χ1) is 13.7. The van der Waals surface area contributed by atoms with Crippen LogP contribution in [0.4, 0.5) is 0 Å². The molecule has 2 saturated heterocycles. The highest BCUT2D eigenvalue weighted by atomic mass is 16.2. The maximum atomic E-state index is 13.0. The van der Waals surface area contributed by atoms with Gasteiger partial charge in [-0.25, -0.2) is 0 Å². The minimum absolute atomic E-state index is 0.241. The predicted molar refractivity (Wildman–Crippen MR) is 114 cm³/mol. The van der Waals surface area contributed by atoms with Gasteiger partial charge in [-0.3, -0.25) is 9.69 Å². The molecule has 1 aliphatic carbocycles. The molecule has 0 aromatic heterocycles. The van der Waals surface area contributed by atoms with Gasteiger partial charge in [-0.2, -0.15) is 0 Å². The molecule has 154 valence electrons. The molecule has 28 heavy (non-hydrogen) atoms. The van der Waals surface area contributed by atoms with E-state index in [1.165, 1.54) is 63.8 Å². The van der Waals surface area contributed by atoms with Crippen molar-refractivity contribution in [1.82, 2.24) is 14.7 Å². The summed E-state index contributed by atoms with van der Waals surface area (Å²) in [7, 11) is 0. The van der Waals surface area contributed by atoms with Crippen molar-refractivity contribution in [3.63, 3.8) is 0 Å². The first-order valence-corrected chi connectivity index (χ1v) is 11.6. The van der Waals surface area contributed by atoms with Crippen molar-refractivity contribution in [2.75, 3.05) is 39.3 Å². The first-order valence-electron chi connectivity index (χ1n) is 11.6. The fraction of sp³-hybridized carbons (Fsp3) is 0.708. The molecule has 1 saturated carbocycles. The molecule has 1 aromatic carbocycles. The molecule has 4 nitrogen and oxygen atoms in total. The number of carbonyl (C=O) groups excluding carboxylic acids is 1. The maximum absolute atomic E-state index is 13.0. The summed E-state index contributed by atoms with van der Waals surface area (Å²) in [6, 6.07) is 12.1. The Hall–Kier alpha value is -1.39. The molecule has 0 spiro atoms. The van der Waals surface area contributed by atoms with E-state index in [1.54, 1.807) is 0 Å². The number of rotatable bonds is 7. The van der Waals surface area contributed by atoms with Crippen molar-refractivity contribution in [2.24, 2.45) is 5.92 Å². The van der Waals surface area contributed by atoms with Crippen LogP contribution in [-0.4, -0.2) is 72.0 Å². The molecule has 1 atom stereocenters. The second-order valence-electron chi connectivity index (χ2n) is 9.00. The van der Waals surface area contributed by atoms with Gasteiger partial charge < -0.3 is 9.80 Å². The molecule has 0 radical (unpaired) electrons. The van der Waals surface area contributed by atoms with Gasteiger partial charge in [0.1, 0.15) is 0 Å². The van der Waals surface area contributed by atoms with Crippen LogP contribution in [0.15, 0.2) is 30.3 Å². The van der Waals surface area contributed by atoms with Crippen molar-refractivity contribution in [3.8, 4) is 0 Å². The first kappa shape index (κ1) is 19.9. The van der Waals surface area contributed by atoms with Crippen molar-refractivity contribution >= 4 is 5.91 Å². The van der Waals surface area contributed by atoms with E-state index >= 15 is 0 Å². The number of hydrogen-bond acceptors (Lipinski definition) is 3. The summed E-state index contributed by atoms with van der Waals surface area (Å²) in [4.78, 5) is 20.5. The zero-order chi connectivity index (χ0) is 19.3. The number of benzene rings is 1. The van der Waals surface area contributed by atoms with Gasteiger partial charge in [-0.15, -0.1) is 0 Å². The fourth-order valence-corrected chi connectivity index (χ4v) is 5.19.